The highest BCUT2D eigenvalue weighted by Crippen LogP contribution is 2.22. The number of anilines is 1. The number of halogens is 1. The normalized spacial score (nSPS) is 16.9. The maximum absolute atomic E-state index is 12.0. The first-order chi connectivity index (χ1) is 7.58. The number of likely N-dealkylation sites (N-methyl/N-ethyl adjacent to an activating group) is 1. The molecule has 4 heteroatoms. The molecule has 1 fully saturated rings. The van der Waals surface area contributed by atoms with Gasteiger partial charge in [-0.1, -0.05) is 22.5 Å². The Morgan fingerprint density at radius 1 is 1.25 bits per heavy atom. The summed E-state index contributed by atoms with van der Waals surface area (Å²) in [6, 6.07) is 7.73. The smallest absolute Gasteiger partial charge is 0.323 e. The quantitative estimate of drug-likeness (QED) is 0.726. The molecule has 0 aromatic heterocycles. The number of amides is 2. The second kappa shape index (κ2) is 4.29. The number of rotatable bonds is 1. The molecule has 0 saturated carbocycles. The van der Waals surface area contributed by atoms with Crippen molar-refractivity contribution in [1.29, 1.82) is 0 Å². The first kappa shape index (κ1) is 11.2. The summed E-state index contributed by atoms with van der Waals surface area (Å²) >= 11 is 3.38. The van der Waals surface area contributed by atoms with E-state index in [0.29, 0.717) is 13.1 Å². The second-order valence-corrected chi connectivity index (χ2v) is 4.87. The van der Waals surface area contributed by atoms with Crippen LogP contribution < -0.4 is 4.90 Å². The Kier molecular flexibility index (Phi) is 3.01. The van der Waals surface area contributed by atoms with Gasteiger partial charge in [-0.05, 0) is 29.8 Å². The molecule has 0 radical (unpaired) electrons. The van der Waals surface area contributed by atoms with Crippen molar-refractivity contribution in [2.24, 2.45) is 0 Å². The number of urea groups is 1. The zero-order chi connectivity index (χ0) is 11.7. The summed E-state index contributed by atoms with van der Waals surface area (Å²) in [6.07, 6.45) is 0. The van der Waals surface area contributed by atoms with Crippen molar-refractivity contribution in [3.8, 4) is 0 Å². The van der Waals surface area contributed by atoms with Gasteiger partial charge in [-0.2, -0.15) is 0 Å². The Morgan fingerprint density at radius 2 is 1.88 bits per heavy atom. The van der Waals surface area contributed by atoms with Gasteiger partial charge in [0.2, 0.25) is 0 Å². The molecule has 0 atom stereocenters. The van der Waals surface area contributed by atoms with E-state index >= 15 is 0 Å². The average Bonchev–Trinajstić information content (AvgIpc) is 2.25. The molecular formula is C12H13BrN2O. The van der Waals surface area contributed by atoms with E-state index in [2.05, 4.69) is 22.5 Å². The van der Waals surface area contributed by atoms with Gasteiger partial charge in [0.1, 0.15) is 0 Å². The summed E-state index contributed by atoms with van der Waals surface area (Å²) < 4.78 is 1.01. The molecule has 0 N–H and O–H groups in total. The molecule has 1 aromatic rings. The Labute approximate surface area is 103 Å². The summed E-state index contributed by atoms with van der Waals surface area (Å²) in [4.78, 5) is 15.4. The van der Waals surface area contributed by atoms with Crippen molar-refractivity contribution in [2.45, 2.75) is 0 Å². The fourth-order valence-corrected chi connectivity index (χ4v) is 2.04. The fraction of sp³-hybridized carbons (Fsp3) is 0.250. The van der Waals surface area contributed by atoms with Crippen LogP contribution in [0.15, 0.2) is 40.9 Å². The van der Waals surface area contributed by atoms with Crippen LogP contribution in [0.2, 0.25) is 0 Å². The van der Waals surface area contributed by atoms with Gasteiger partial charge >= 0.3 is 6.03 Å². The number of hydrogen-bond acceptors (Lipinski definition) is 1. The predicted octanol–water partition coefficient (Wildman–Crippen LogP) is 2.88. The highest BCUT2D eigenvalue weighted by Gasteiger charge is 2.25. The third kappa shape index (κ3) is 2.11. The second-order valence-electron chi connectivity index (χ2n) is 3.95. The Morgan fingerprint density at radius 3 is 2.50 bits per heavy atom. The average molecular weight is 281 g/mol. The topological polar surface area (TPSA) is 23.6 Å². The summed E-state index contributed by atoms with van der Waals surface area (Å²) in [5.41, 5.74) is 1.95. The van der Waals surface area contributed by atoms with Gasteiger partial charge < -0.3 is 4.90 Å². The molecule has 0 spiro atoms. The number of carbonyl (C=O) groups is 1. The lowest BCUT2D eigenvalue weighted by Crippen LogP contribution is -2.48. The van der Waals surface area contributed by atoms with Gasteiger partial charge in [0.05, 0.1) is 6.54 Å². The van der Waals surface area contributed by atoms with Crippen LogP contribution in [-0.4, -0.2) is 31.1 Å². The fourth-order valence-electron chi connectivity index (χ4n) is 1.77. The molecule has 0 unspecified atom stereocenters. The van der Waals surface area contributed by atoms with Gasteiger partial charge in [0.25, 0.3) is 0 Å². The lowest BCUT2D eigenvalue weighted by molar-refractivity contribution is 0.215. The van der Waals surface area contributed by atoms with E-state index in [0.717, 1.165) is 15.7 Å². The van der Waals surface area contributed by atoms with Crippen molar-refractivity contribution in [2.75, 3.05) is 25.0 Å². The monoisotopic (exact) mass is 280 g/mol. The Bertz CT molecular complexity index is 427. The van der Waals surface area contributed by atoms with Crippen molar-refractivity contribution in [1.82, 2.24) is 4.90 Å². The van der Waals surface area contributed by atoms with Gasteiger partial charge in [-0.25, -0.2) is 4.79 Å². The highest BCUT2D eigenvalue weighted by molar-refractivity contribution is 9.10. The standard InChI is InChI=1S/C12H13BrN2O/c1-9-7-14(2)12(16)15(8-9)11-5-3-10(13)4-6-11/h3-6H,1,7-8H2,2H3. The van der Waals surface area contributed by atoms with E-state index in [9.17, 15) is 4.79 Å². The van der Waals surface area contributed by atoms with E-state index in [1.165, 1.54) is 0 Å². The van der Waals surface area contributed by atoms with Crippen molar-refractivity contribution >= 4 is 27.6 Å². The van der Waals surface area contributed by atoms with Crippen LogP contribution in [0.4, 0.5) is 10.5 Å². The van der Waals surface area contributed by atoms with Gasteiger partial charge in [-0.3, -0.25) is 4.90 Å². The van der Waals surface area contributed by atoms with E-state index in [-0.39, 0.29) is 6.03 Å². The van der Waals surface area contributed by atoms with E-state index in [1.54, 1.807) is 16.8 Å². The van der Waals surface area contributed by atoms with E-state index in [1.807, 2.05) is 24.3 Å². The summed E-state index contributed by atoms with van der Waals surface area (Å²) in [5, 5.41) is 0. The molecule has 1 aliphatic heterocycles. The molecule has 1 aromatic carbocycles. The molecule has 0 bridgehead atoms. The molecule has 2 amide bonds. The number of carbonyl (C=O) groups excluding carboxylic acids is 1. The van der Waals surface area contributed by atoms with E-state index < -0.39 is 0 Å². The largest absolute Gasteiger partial charge is 0.324 e. The van der Waals surface area contributed by atoms with Crippen LogP contribution >= 0.6 is 15.9 Å². The van der Waals surface area contributed by atoms with Crippen molar-refractivity contribution in [3.05, 3.63) is 40.9 Å². The maximum Gasteiger partial charge on any atom is 0.324 e. The third-order valence-corrected chi connectivity index (χ3v) is 3.07. The molecule has 16 heavy (non-hydrogen) atoms. The van der Waals surface area contributed by atoms with Crippen LogP contribution in [-0.2, 0) is 0 Å². The SMILES string of the molecule is C=C1CN(C)C(=O)N(c2ccc(Br)cc2)C1. The molecular weight excluding hydrogens is 268 g/mol. The lowest BCUT2D eigenvalue weighted by atomic mass is 10.2. The van der Waals surface area contributed by atoms with Gasteiger partial charge in [0, 0.05) is 23.8 Å². The first-order valence-corrected chi connectivity index (χ1v) is 5.82. The number of benzene rings is 1. The Hall–Kier alpha value is -1.29. The highest BCUT2D eigenvalue weighted by atomic mass is 79.9. The lowest BCUT2D eigenvalue weighted by Gasteiger charge is -2.34. The summed E-state index contributed by atoms with van der Waals surface area (Å²) in [6.45, 7) is 5.19. The van der Waals surface area contributed by atoms with Crippen LogP contribution in [0.3, 0.4) is 0 Å². The zero-order valence-electron chi connectivity index (χ0n) is 9.11. The van der Waals surface area contributed by atoms with E-state index in [4.69, 9.17) is 0 Å². The molecule has 1 heterocycles. The van der Waals surface area contributed by atoms with Crippen LogP contribution in [0.5, 0.6) is 0 Å². The van der Waals surface area contributed by atoms with Crippen LogP contribution in [0.25, 0.3) is 0 Å². The molecule has 0 aliphatic carbocycles. The zero-order valence-corrected chi connectivity index (χ0v) is 10.7. The minimum Gasteiger partial charge on any atom is -0.323 e. The first-order valence-electron chi connectivity index (χ1n) is 5.03. The number of nitrogens with zero attached hydrogens (tertiary/aromatic N) is 2. The molecule has 3 nitrogen and oxygen atoms in total. The molecule has 2 rings (SSSR count). The predicted molar refractivity (Wildman–Crippen MR) is 68.7 cm³/mol. The maximum atomic E-state index is 12.0. The van der Waals surface area contributed by atoms with Gasteiger partial charge in [-0.15, -0.1) is 0 Å². The summed E-state index contributed by atoms with van der Waals surface area (Å²) in [7, 11) is 1.79. The minimum atomic E-state index is 0.0229. The minimum absolute atomic E-state index is 0.0229. The Balaban J connectivity index is 2.28. The van der Waals surface area contributed by atoms with Gasteiger partial charge in [0.15, 0.2) is 0 Å². The third-order valence-electron chi connectivity index (χ3n) is 2.54. The van der Waals surface area contributed by atoms with Crippen LogP contribution in [0.1, 0.15) is 0 Å². The van der Waals surface area contributed by atoms with Crippen LogP contribution in [0, 0.1) is 0 Å². The molecule has 84 valence electrons. The molecule has 1 saturated heterocycles. The summed E-state index contributed by atoms with van der Waals surface area (Å²) in [5.74, 6) is 0. The molecule has 1 aliphatic rings. The van der Waals surface area contributed by atoms with Crippen molar-refractivity contribution in [3.63, 3.8) is 0 Å². The number of hydrogen-bond donors (Lipinski definition) is 0. The van der Waals surface area contributed by atoms with Crippen molar-refractivity contribution < 1.29 is 4.79 Å².